The van der Waals surface area contributed by atoms with Gasteiger partial charge in [-0.3, -0.25) is 9.89 Å². The van der Waals surface area contributed by atoms with E-state index in [-0.39, 0.29) is 0 Å². The zero-order chi connectivity index (χ0) is 20.8. The topological polar surface area (TPSA) is 55.5 Å². The molecule has 0 spiro atoms. The van der Waals surface area contributed by atoms with Crippen molar-refractivity contribution in [2.24, 2.45) is 4.99 Å². The van der Waals surface area contributed by atoms with E-state index in [2.05, 4.69) is 93.1 Å². The van der Waals surface area contributed by atoms with Crippen LogP contribution in [-0.4, -0.2) is 48.1 Å². The van der Waals surface area contributed by atoms with Crippen molar-refractivity contribution < 1.29 is 0 Å². The Morgan fingerprint density at radius 1 is 1.13 bits per heavy atom. The number of piperidine rings is 1. The number of guanidine groups is 1. The molecule has 1 aromatic heterocycles. The molecule has 2 heterocycles. The fraction of sp³-hybridized carbons (Fsp3) is 0.400. The van der Waals surface area contributed by atoms with E-state index < -0.39 is 0 Å². The zero-order valence-electron chi connectivity index (χ0n) is 18.1. The van der Waals surface area contributed by atoms with Gasteiger partial charge in [-0.05, 0) is 42.8 Å². The number of nitrogens with zero attached hydrogens (tertiary/aromatic N) is 2. The number of para-hydroxylation sites is 1. The van der Waals surface area contributed by atoms with Crippen LogP contribution >= 0.6 is 0 Å². The van der Waals surface area contributed by atoms with Crippen LogP contribution in [0.25, 0.3) is 10.9 Å². The number of hydrogen-bond donors (Lipinski definition) is 3. The van der Waals surface area contributed by atoms with Crippen LogP contribution in [0.4, 0.5) is 0 Å². The van der Waals surface area contributed by atoms with Gasteiger partial charge in [0.2, 0.25) is 0 Å². The molecular formula is C25H33N5. The molecule has 0 saturated carbocycles. The van der Waals surface area contributed by atoms with Crippen LogP contribution in [0.15, 0.2) is 65.7 Å². The van der Waals surface area contributed by atoms with Crippen molar-refractivity contribution in [2.75, 3.05) is 20.1 Å². The molecule has 158 valence electrons. The number of likely N-dealkylation sites (tertiary alicyclic amines) is 1. The van der Waals surface area contributed by atoms with Crippen molar-refractivity contribution in [3.8, 4) is 0 Å². The predicted octanol–water partition coefficient (Wildman–Crippen LogP) is 3.93. The zero-order valence-corrected chi connectivity index (χ0v) is 18.1. The van der Waals surface area contributed by atoms with Gasteiger partial charge in [0.15, 0.2) is 5.96 Å². The summed E-state index contributed by atoms with van der Waals surface area (Å²) in [6, 6.07) is 22.4. The van der Waals surface area contributed by atoms with Gasteiger partial charge in [-0.2, -0.15) is 0 Å². The normalized spacial score (nSPS) is 20.4. The standard InChI is InChI=1S/C25H33N5/c1-19-16-23(13-15-30(19)18-20-8-4-3-5-9-20)29-25(26-2)27-14-12-22-17-21-10-6-7-11-24(21)28-22/h3-11,17,19,23,28H,12-16,18H2,1-2H3,(H2,26,27,29). The third-order valence-electron chi connectivity index (χ3n) is 6.08. The van der Waals surface area contributed by atoms with Gasteiger partial charge in [0.05, 0.1) is 0 Å². The Balaban J connectivity index is 1.23. The second-order valence-electron chi connectivity index (χ2n) is 8.30. The van der Waals surface area contributed by atoms with Crippen molar-refractivity contribution >= 4 is 16.9 Å². The SMILES string of the molecule is CN=C(NCCc1cc2ccccc2[nH]1)NC1CCN(Cc2ccccc2)C(C)C1. The van der Waals surface area contributed by atoms with E-state index in [1.54, 1.807) is 0 Å². The van der Waals surface area contributed by atoms with Gasteiger partial charge in [0.1, 0.15) is 0 Å². The molecule has 2 aromatic carbocycles. The molecule has 5 heteroatoms. The summed E-state index contributed by atoms with van der Waals surface area (Å²) in [5, 5.41) is 8.39. The van der Waals surface area contributed by atoms with Crippen LogP contribution in [0.5, 0.6) is 0 Å². The Labute approximate surface area is 179 Å². The highest BCUT2D eigenvalue weighted by Crippen LogP contribution is 2.20. The Hall–Kier alpha value is -2.79. The molecule has 0 bridgehead atoms. The molecule has 1 aliphatic rings. The smallest absolute Gasteiger partial charge is 0.191 e. The third-order valence-corrected chi connectivity index (χ3v) is 6.08. The van der Waals surface area contributed by atoms with Crippen molar-refractivity contribution in [3.63, 3.8) is 0 Å². The Kier molecular flexibility index (Phi) is 6.70. The maximum Gasteiger partial charge on any atom is 0.191 e. The molecule has 3 N–H and O–H groups in total. The van der Waals surface area contributed by atoms with E-state index in [4.69, 9.17) is 0 Å². The summed E-state index contributed by atoms with van der Waals surface area (Å²) in [7, 11) is 1.85. The lowest BCUT2D eigenvalue weighted by atomic mass is 9.97. The average Bonchev–Trinajstić information content (AvgIpc) is 3.18. The minimum atomic E-state index is 0.464. The van der Waals surface area contributed by atoms with Gasteiger partial charge in [0.25, 0.3) is 0 Å². The molecule has 30 heavy (non-hydrogen) atoms. The minimum Gasteiger partial charge on any atom is -0.358 e. The number of H-pyrrole nitrogens is 1. The van der Waals surface area contributed by atoms with Crippen molar-refractivity contribution in [2.45, 2.75) is 44.8 Å². The molecule has 2 atom stereocenters. The molecule has 4 rings (SSSR count). The number of aromatic nitrogens is 1. The molecule has 3 aromatic rings. The van der Waals surface area contributed by atoms with E-state index >= 15 is 0 Å². The summed E-state index contributed by atoms with van der Waals surface area (Å²) in [6.07, 6.45) is 3.22. The van der Waals surface area contributed by atoms with Crippen molar-refractivity contribution in [1.29, 1.82) is 0 Å². The quantitative estimate of drug-likeness (QED) is 0.432. The summed E-state index contributed by atoms with van der Waals surface area (Å²) in [5.74, 6) is 0.903. The molecule has 2 unspecified atom stereocenters. The number of benzene rings is 2. The molecule has 1 saturated heterocycles. The number of aromatic amines is 1. The molecule has 5 nitrogen and oxygen atoms in total. The first-order chi connectivity index (χ1) is 14.7. The summed E-state index contributed by atoms with van der Waals surface area (Å²) in [6.45, 7) is 5.34. The van der Waals surface area contributed by atoms with Gasteiger partial charge in [-0.25, -0.2) is 0 Å². The molecule has 0 aliphatic carbocycles. The number of rotatable bonds is 6. The maximum absolute atomic E-state index is 4.44. The van der Waals surface area contributed by atoms with Gasteiger partial charge >= 0.3 is 0 Å². The van der Waals surface area contributed by atoms with Crippen LogP contribution in [0.1, 0.15) is 31.0 Å². The van der Waals surface area contributed by atoms with Crippen LogP contribution in [0.2, 0.25) is 0 Å². The van der Waals surface area contributed by atoms with Crippen LogP contribution < -0.4 is 10.6 Å². The Bertz CT molecular complexity index is 929. The number of hydrogen-bond acceptors (Lipinski definition) is 2. The van der Waals surface area contributed by atoms with Gasteiger partial charge in [-0.1, -0.05) is 48.5 Å². The molecule has 1 fully saturated rings. The van der Waals surface area contributed by atoms with Crippen LogP contribution in [0.3, 0.4) is 0 Å². The van der Waals surface area contributed by atoms with Crippen LogP contribution in [0, 0.1) is 0 Å². The lowest BCUT2D eigenvalue weighted by Gasteiger charge is -2.38. The van der Waals surface area contributed by atoms with E-state index in [1.165, 1.54) is 22.2 Å². The fourth-order valence-electron chi connectivity index (χ4n) is 4.38. The summed E-state index contributed by atoms with van der Waals surface area (Å²) in [4.78, 5) is 10.5. The molecule has 0 amide bonds. The van der Waals surface area contributed by atoms with Gasteiger partial charge in [-0.15, -0.1) is 0 Å². The Morgan fingerprint density at radius 2 is 1.93 bits per heavy atom. The van der Waals surface area contributed by atoms with E-state index in [0.29, 0.717) is 12.1 Å². The largest absolute Gasteiger partial charge is 0.358 e. The highest BCUT2D eigenvalue weighted by atomic mass is 15.2. The van der Waals surface area contributed by atoms with E-state index in [9.17, 15) is 0 Å². The first-order valence-corrected chi connectivity index (χ1v) is 11.0. The van der Waals surface area contributed by atoms with Crippen molar-refractivity contribution in [3.05, 3.63) is 71.9 Å². The highest BCUT2D eigenvalue weighted by molar-refractivity contribution is 5.81. The summed E-state index contributed by atoms with van der Waals surface area (Å²) >= 11 is 0. The van der Waals surface area contributed by atoms with E-state index in [1.807, 2.05) is 7.05 Å². The highest BCUT2D eigenvalue weighted by Gasteiger charge is 2.25. The Morgan fingerprint density at radius 3 is 2.70 bits per heavy atom. The lowest BCUT2D eigenvalue weighted by molar-refractivity contribution is 0.134. The second kappa shape index (κ2) is 9.81. The number of aliphatic imine (C=N–C) groups is 1. The molecule has 1 aliphatic heterocycles. The molecule has 0 radical (unpaired) electrons. The first kappa shape index (κ1) is 20.5. The van der Waals surface area contributed by atoms with E-state index in [0.717, 1.165) is 44.9 Å². The summed E-state index contributed by atoms with van der Waals surface area (Å²) < 4.78 is 0. The number of nitrogens with one attached hydrogen (secondary N) is 3. The molecular weight excluding hydrogens is 370 g/mol. The second-order valence-corrected chi connectivity index (χ2v) is 8.30. The minimum absolute atomic E-state index is 0.464. The monoisotopic (exact) mass is 403 g/mol. The third kappa shape index (κ3) is 5.22. The van der Waals surface area contributed by atoms with Crippen LogP contribution in [-0.2, 0) is 13.0 Å². The van der Waals surface area contributed by atoms with Gasteiger partial charge in [0, 0.05) is 56.4 Å². The predicted molar refractivity (Wildman–Crippen MR) is 126 cm³/mol. The lowest BCUT2D eigenvalue weighted by Crippen LogP contribution is -2.51. The van der Waals surface area contributed by atoms with Gasteiger partial charge < -0.3 is 15.6 Å². The maximum atomic E-state index is 4.44. The van der Waals surface area contributed by atoms with Crippen molar-refractivity contribution in [1.82, 2.24) is 20.5 Å². The first-order valence-electron chi connectivity index (χ1n) is 11.0. The number of fused-ring (bicyclic) bond motifs is 1. The fourth-order valence-corrected chi connectivity index (χ4v) is 4.38. The average molecular weight is 404 g/mol. The summed E-state index contributed by atoms with van der Waals surface area (Å²) in [5.41, 5.74) is 3.85.